The van der Waals surface area contributed by atoms with Crippen molar-refractivity contribution in [2.24, 2.45) is 0 Å². The molecule has 1 atom stereocenters. The van der Waals surface area contributed by atoms with Crippen LogP contribution in [0.1, 0.15) is 45.0 Å². The monoisotopic (exact) mass is 548 g/mol. The molecule has 1 aliphatic heterocycles. The van der Waals surface area contributed by atoms with Crippen LogP contribution in [0.5, 0.6) is 11.5 Å². The number of rotatable bonds is 9. The molecule has 202 valence electrons. The quantitative estimate of drug-likeness (QED) is 0.129. The zero-order valence-corrected chi connectivity index (χ0v) is 22.8. The number of thiazole rings is 1. The van der Waals surface area contributed by atoms with E-state index in [1.54, 1.807) is 56.3 Å². The van der Waals surface area contributed by atoms with Gasteiger partial charge in [0, 0.05) is 5.56 Å². The maximum atomic E-state index is 13.5. The minimum absolute atomic E-state index is 0.0173. The number of anilines is 1. The zero-order valence-electron chi connectivity index (χ0n) is 22.0. The number of hydrogen-bond donors (Lipinski definition) is 1. The first kappa shape index (κ1) is 27.6. The third kappa shape index (κ3) is 5.28. The third-order valence-electron chi connectivity index (χ3n) is 6.15. The molecule has 1 aliphatic rings. The van der Waals surface area contributed by atoms with E-state index in [-0.39, 0.29) is 27.9 Å². The van der Waals surface area contributed by atoms with E-state index in [0.717, 1.165) is 11.3 Å². The number of aliphatic hydroxyl groups excluding tert-OH is 1. The largest absolute Gasteiger partial charge is 0.507 e. The summed E-state index contributed by atoms with van der Waals surface area (Å²) in [5.74, 6) is -1.48. The van der Waals surface area contributed by atoms with Gasteiger partial charge in [0.2, 0.25) is 0 Å². The molecule has 1 fully saturated rings. The van der Waals surface area contributed by atoms with Crippen LogP contribution in [0.3, 0.4) is 0 Å². The number of aromatic nitrogens is 1. The number of aryl methyl sites for hydroxylation is 2. The van der Waals surface area contributed by atoms with Gasteiger partial charge in [0.1, 0.15) is 28.7 Å². The Morgan fingerprint density at radius 1 is 1.15 bits per heavy atom. The van der Waals surface area contributed by atoms with Gasteiger partial charge in [-0.15, -0.1) is 0 Å². The van der Waals surface area contributed by atoms with Crippen molar-refractivity contribution < 1.29 is 33.7 Å². The van der Waals surface area contributed by atoms with E-state index < -0.39 is 23.7 Å². The van der Waals surface area contributed by atoms with Gasteiger partial charge in [-0.3, -0.25) is 14.5 Å². The summed E-state index contributed by atoms with van der Waals surface area (Å²) in [4.78, 5) is 45.4. The maximum absolute atomic E-state index is 13.5. The molecule has 9 nitrogen and oxygen atoms in total. The van der Waals surface area contributed by atoms with Crippen LogP contribution < -0.4 is 14.4 Å². The zero-order chi connectivity index (χ0) is 28.3. The summed E-state index contributed by atoms with van der Waals surface area (Å²) >= 11 is 0.936. The van der Waals surface area contributed by atoms with Crippen LogP contribution in [0.2, 0.25) is 0 Å². The fourth-order valence-corrected chi connectivity index (χ4v) is 5.29. The Morgan fingerprint density at radius 2 is 1.85 bits per heavy atom. The van der Waals surface area contributed by atoms with Crippen LogP contribution in [0.25, 0.3) is 5.76 Å². The molecule has 1 unspecified atom stereocenters. The Labute approximate surface area is 230 Å². The van der Waals surface area contributed by atoms with Crippen molar-refractivity contribution in [2.45, 2.75) is 26.8 Å². The van der Waals surface area contributed by atoms with Gasteiger partial charge >= 0.3 is 11.9 Å². The summed E-state index contributed by atoms with van der Waals surface area (Å²) in [6, 6.07) is 10.9. The first-order valence-electron chi connectivity index (χ1n) is 12.2. The molecule has 4 rings (SSSR count). The van der Waals surface area contributed by atoms with Crippen molar-refractivity contribution in [1.29, 1.82) is 0 Å². The van der Waals surface area contributed by atoms with Crippen LogP contribution >= 0.6 is 11.3 Å². The summed E-state index contributed by atoms with van der Waals surface area (Å²) in [7, 11) is 1.53. The lowest BCUT2D eigenvalue weighted by molar-refractivity contribution is -0.132. The second-order valence-corrected chi connectivity index (χ2v) is 9.63. The number of amides is 1. The lowest BCUT2D eigenvalue weighted by atomic mass is 9.94. The normalized spacial score (nSPS) is 16.3. The number of methoxy groups -OCH3 is 1. The number of hydrogen-bond acceptors (Lipinski definition) is 9. The summed E-state index contributed by atoms with van der Waals surface area (Å²) in [5, 5.41) is 11.6. The molecule has 0 saturated carbocycles. The SMILES string of the molecule is C=CCOC(=O)c1sc(N2C(=O)C(=O)C(=C(O)c3ccc(OC)cc3C)C2c2ccc(OCC)cc2)nc1C. The Bertz CT molecular complexity index is 1470. The van der Waals surface area contributed by atoms with Crippen LogP contribution in [0.15, 0.2) is 60.7 Å². The van der Waals surface area contributed by atoms with Gasteiger partial charge in [0.05, 0.1) is 31.0 Å². The van der Waals surface area contributed by atoms with Crippen LogP contribution in [0, 0.1) is 13.8 Å². The van der Waals surface area contributed by atoms with E-state index in [1.807, 2.05) is 6.92 Å². The highest BCUT2D eigenvalue weighted by molar-refractivity contribution is 7.17. The predicted molar refractivity (Wildman–Crippen MR) is 147 cm³/mol. The number of Topliss-reactive ketones (excluding diaryl/α,β-unsaturated/α-hetero) is 1. The average Bonchev–Trinajstić information content (AvgIpc) is 3.43. The van der Waals surface area contributed by atoms with E-state index in [4.69, 9.17) is 14.2 Å². The highest BCUT2D eigenvalue weighted by Gasteiger charge is 2.48. The lowest BCUT2D eigenvalue weighted by Crippen LogP contribution is -2.29. The van der Waals surface area contributed by atoms with Gasteiger partial charge < -0.3 is 19.3 Å². The van der Waals surface area contributed by atoms with Crippen molar-refractivity contribution in [3.8, 4) is 11.5 Å². The molecule has 1 aromatic heterocycles. The lowest BCUT2D eigenvalue weighted by Gasteiger charge is -2.23. The molecule has 2 heterocycles. The average molecular weight is 549 g/mol. The Hall–Kier alpha value is -4.44. The van der Waals surface area contributed by atoms with Gasteiger partial charge in [-0.2, -0.15) is 0 Å². The van der Waals surface area contributed by atoms with Crippen molar-refractivity contribution in [3.05, 3.63) is 88.0 Å². The van der Waals surface area contributed by atoms with Gasteiger partial charge in [0.25, 0.3) is 5.78 Å². The number of carbonyl (C=O) groups is 3. The van der Waals surface area contributed by atoms with Crippen LogP contribution in [-0.2, 0) is 14.3 Å². The van der Waals surface area contributed by atoms with Crippen LogP contribution in [0.4, 0.5) is 5.13 Å². The number of benzene rings is 2. The number of aliphatic hydroxyl groups is 1. The minimum atomic E-state index is -1.01. The van der Waals surface area contributed by atoms with Crippen molar-refractivity contribution in [3.63, 3.8) is 0 Å². The fraction of sp³-hybridized carbons (Fsp3) is 0.241. The summed E-state index contributed by atoms with van der Waals surface area (Å²) < 4.78 is 16.0. The van der Waals surface area contributed by atoms with Gasteiger partial charge in [0.15, 0.2) is 5.13 Å². The molecule has 3 aromatic rings. The van der Waals surface area contributed by atoms with E-state index in [0.29, 0.717) is 40.5 Å². The molecule has 0 spiro atoms. The van der Waals surface area contributed by atoms with Gasteiger partial charge in [-0.25, -0.2) is 9.78 Å². The Balaban J connectivity index is 1.89. The number of ether oxygens (including phenoxy) is 3. The smallest absolute Gasteiger partial charge is 0.350 e. The molecular weight excluding hydrogens is 520 g/mol. The van der Waals surface area contributed by atoms with E-state index in [2.05, 4.69) is 11.6 Å². The van der Waals surface area contributed by atoms with E-state index in [1.165, 1.54) is 18.1 Å². The molecule has 1 N–H and O–H groups in total. The first-order valence-corrected chi connectivity index (χ1v) is 13.0. The van der Waals surface area contributed by atoms with E-state index in [9.17, 15) is 19.5 Å². The number of carbonyl (C=O) groups excluding carboxylic acids is 3. The highest BCUT2D eigenvalue weighted by Crippen LogP contribution is 2.44. The van der Waals surface area contributed by atoms with Crippen molar-refractivity contribution >= 4 is 39.9 Å². The molecule has 1 amide bonds. The van der Waals surface area contributed by atoms with Gasteiger partial charge in [-0.1, -0.05) is 36.1 Å². The third-order valence-corrected chi connectivity index (χ3v) is 7.29. The van der Waals surface area contributed by atoms with Crippen molar-refractivity contribution in [2.75, 3.05) is 25.2 Å². The topological polar surface area (TPSA) is 115 Å². The number of esters is 1. The maximum Gasteiger partial charge on any atom is 0.350 e. The number of nitrogens with zero attached hydrogens (tertiary/aromatic N) is 2. The number of ketones is 1. The second-order valence-electron chi connectivity index (χ2n) is 8.65. The summed E-state index contributed by atoms with van der Waals surface area (Å²) in [6.07, 6.45) is 1.45. The molecule has 1 saturated heterocycles. The molecule has 39 heavy (non-hydrogen) atoms. The standard InChI is InChI=1S/C29H28N2O7S/c1-6-14-38-28(35)26-17(4)30-29(39-26)31-23(18-8-10-19(11-9-18)37-7-2)22(25(33)27(31)34)24(32)21-13-12-20(36-5)15-16(21)3/h6,8-13,15,23,32H,1,7,14H2,2-5H3. The Morgan fingerprint density at radius 3 is 2.46 bits per heavy atom. The van der Waals surface area contributed by atoms with E-state index >= 15 is 0 Å². The fourth-order valence-electron chi connectivity index (χ4n) is 4.31. The minimum Gasteiger partial charge on any atom is -0.507 e. The molecular formula is C29H28N2O7S. The first-order chi connectivity index (χ1) is 18.7. The second kappa shape index (κ2) is 11.5. The molecule has 0 aliphatic carbocycles. The highest BCUT2D eigenvalue weighted by atomic mass is 32.1. The summed E-state index contributed by atoms with van der Waals surface area (Å²) in [5.41, 5.74) is 1.84. The van der Waals surface area contributed by atoms with Crippen molar-refractivity contribution in [1.82, 2.24) is 4.98 Å². The predicted octanol–water partition coefficient (Wildman–Crippen LogP) is 5.14. The molecule has 0 bridgehead atoms. The molecule has 0 radical (unpaired) electrons. The van der Waals surface area contributed by atoms with Gasteiger partial charge in [-0.05, 0) is 62.2 Å². The van der Waals surface area contributed by atoms with Crippen LogP contribution in [-0.4, -0.2) is 48.1 Å². The molecule has 2 aromatic carbocycles. The Kier molecular flexibility index (Phi) is 8.15. The molecule has 10 heteroatoms. The summed E-state index contributed by atoms with van der Waals surface area (Å²) in [6.45, 7) is 9.28.